The fourth-order valence-electron chi connectivity index (χ4n) is 2.08. The summed E-state index contributed by atoms with van der Waals surface area (Å²) in [5.74, 6) is 0. The number of nitrogens with one attached hydrogen (secondary N) is 1. The summed E-state index contributed by atoms with van der Waals surface area (Å²) in [6.45, 7) is 6.61. The van der Waals surface area contributed by atoms with Crippen LogP contribution in [-0.4, -0.2) is 19.1 Å². The van der Waals surface area contributed by atoms with E-state index >= 15 is 0 Å². The van der Waals surface area contributed by atoms with Crippen LogP contribution >= 0.6 is 0 Å². The number of hydrogen-bond acceptors (Lipinski definition) is 2. The second kappa shape index (κ2) is 13.0. The molecule has 0 radical (unpaired) electrons. The first-order valence-electron chi connectivity index (χ1n) is 7.28. The third-order valence-corrected chi connectivity index (χ3v) is 3.19. The minimum absolute atomic E-state index is 0.752. The van der Waals surface area contributed by atoms with Crippen LogP contribution in [0.2, 0.25) is 0 Å². The Balaban J connectivity index is 3.12. The van der Waals surface area contributed by atoms with Gasteiger partial charge in [-0.1, -0.05) is 46.0 Å². The van der Waals surface area contributed by atoms with Crippen molar-refractivity contribution in [1.29, 1.82) is 0 Å². The van der Waals surface area contributed by atoms with Crippen LogP contribution < -0.4 is 11.1 Å². The lowest BCUT2D eigenvalue weighted by molar-refractivity contribution is 0.450. The zero-order chi connectivity index (χ0) is 12.1. The van der Waals surface area contributed by atoms with Gasteiger partial charge in [-0.15, -0.1) is 0 Å². The lowest BCUT2D eigenvalue weighted by atomic mass is 10.1. The van der Waals surface area contributed by atoms with Crippen molar-refractivity contribution in [1.82, 2.24) is 5.32 Å². The standard InChI is InChI=1S/C14H32N2/c1-3-11-14(4-2)16-13-10-8-6-5-7-9-12-15/h14,16H,3-13,15H2,1-2H3. The van der Waals surface area contributed by atoms with E-state index < -0.39 is 0 Å². The first-order valence-corrected chi connectivity index (χ1v) is 7.28. The van der Waals surface area contributed by atoms with Crippen molar-refractivity contribution in [2.24, 2.45) is 5.73 Å². The molecule has 2 nitrogen and oxygen atoms in total. The van der Waals surface area contributed by atoms with Gasteiger partial charge in [-0.3, -0.25) is 0 Å². The summed E-state index contributed by atoms with van der Waals surface area (Å²) in [7, 11) is 0. The lowest BCUT2D eigenvalue weighted by Crippen LogP contribution is -2.29. The van der Waals surface area contributed by atoms with E-state index in [0.29, 0.717) is 0 Å². The highest BCUT2D eigenvalue weighted by Gasteiger charge is 2.02. The van der Waals surface area contributed by atoms with Crippen LogP contribution in [-0.2, 0) is 0 Å². The molecule has 0 saturated carbocycles. The highest BCUT2D eigenvalue weighted by Crippen LogP contribution is 2.05. The molecule has 0 aliphatic rings. The van der Waals surface area contributed by atoms with Crippen molar-refractivity contribution < 1.29 is 0 Å². The predicted molar refractivity (Wildman–Crippen MR) is 73.7 cm³/mol. The molecule has 3 N–H and O–H groups in total. The number of hydrogen-bond donors (Lipinski definition) is 2. The van der Waals surface area contributed by atoms with E-state index in [4.69, 9.17) is 5.73 Å². The highest BCUT2D eigenvalue weighted by atomic mass is 14.9. The van der Waals surface area contributed by atoms with Gasteiger partial charge < -0.3 is 11.1 Å². The summed E-state index contributed by atoms with van der Waals surface area (Å²) in [5, 5.41) is 3.65. The van der Waals surface area contributed by atoms with Crippen molar-refractivity contribution >= 4 is 0 Å². The Bertz CT molecular complexity index is 126. The van der Waals surface area contributed by atoms with Gasteiger partial charge in [0.1, 0.15) is 0 Å². The summed E-state index contributed by atoms with van der Waals surface area (Å²) in [5.41, 5.74) is 5.46. The number of nitrogens with two attached hydrogens (primary N) is 1. The topological polar surface area (TPSA) is 38.0 Å². The van der Waals surface area contributed by atoms with E-state index in [1.807, 2.05) is 0 Å². The summed E-state index contributed by atoms with van der Waals surface area (Å²) in [6.07, 6.45) is 11.9. The molecule has 0 rings (SSSR count). The Kier molecular flexibility index (Phi) is 12.9. The third-order valence-electron chi connectivity index (χ3n) is 3.19. The minimum Gasteiger partial charge on any atom is -0.330 e. The van der Waals surface area contributed by atoms with E-state index in [0.717, 1.165) is 12.6 Å². The van der Waals surface area contributed by atoms with Gasteiger partial charge in [0.05, 0.1) is 0 Å². The van der Waals surface area contributed by atoms with Crippen LogP contribution in [0.5, 0.6) is 0 Å². The molecule has 0 amide bonds. The van der Waals surface area contributed by atoms with E-state index in [1.54, 1.807) is 0 Å². The zero-order valence-corrected chi connectivity index (χ0v) is 11.4. The van der Waals surface area contributed by atoms with Crippen LogP contribution in [0.1, 0.15) is 71.6 Å². The molecule has 0 aliphatic carbocycles. The maximum Gasteiger partial charge on any atom is 0.00643 e. The van der Waals surface area contributed by atoms with Gasteiger partial charge in [0.25, 0.3) is 0 Å². The van der Waals surface area contributed by atoms with Crippen molar-refractivity contribution in [3.8, 4) is 0 Å². The van der Waals surface area contributed by atoms with E-state index in [2.05, 4.69) is 19.2 Å². The lowest BCUT2D eigenvalue weighted by Gasteiger charge is -2.15. The molecule has 0 aromatic rings. The SMILES string of the molecule is CCCC(CC)NCCCCCCCCN. The number of rotatable bonds is 12. The van der Waals surface area contributed by atoms with E-state index in [-0.39, 0.29) is 0 Å². The second-order valence-electron chi connectivity index (χ2n) is 4.76. The molecular formula is C14H32N2. The predicted octanol–water partition coefficient (Wildman–Crippen LogP) is 3.45. The van der Waals surface area contributed by atoms with Crippen molar-refractivity contribution in [2.75, 3.05) is 13.1 Å². The summed E-state index contributed by atoms with van der Waals surface area (Å²) in [6, 6.07) is 0.752. The highest BCUT2D eigenvalue weighted by molar-refractivity contribution is 4.63. The fraction of sp³-hybridized carbons (Fsp3) is 1.00. The largest absolute Gasteiger partial charge is 0.330 e. The van der Waals surface area contributed by atoms with Gasteiger partial charge in [0.2, 0.25) is 0 Å². The van der Waals surface area contributed by atoms with Gasteiger partial charge in [-0.25, -0.2) is 0 Å². The molecule has 0 heterocycles. The molecule has 0 aliphatic heterocycles. The Morgan fingerprint density at radius 3 is 2.12 bits per heavy atom. The second-order valence-corrected chi connectivity index (χ2v) is 4.76. The van der Waals surface area contributed by atoms with Gasteiger partial charge in [0, 0.05) is 6.04 Å². The molecule has 1 unspecified atom stereocenters. The molecule has 0 bridgehead atoms. The fourth-order valence-corrected chi connectivity index (χ4v) is 2.08. The minimum atomic E-state index is 0.752. The Hall–Kier alpha value is -0.0800. The van der Waals surface area contributed by atoms with Crippen LogP contribution in [0.25, 0.3) is 0 Å². The molecule has 0 fully saturated rings. The summed E-state index contributed by atoms with van der Waals surface area (Å²) >= 11 is 0. The molecule has 16 heavy (non-hydrogen) atoms. The average molecular weight is 228 g/mol. The molecule has 0 aromatic carbocycles. The Labute approximate surface area is 102 Å². The smallest absolute Gasteiger partial charge is 0.00643 e. The van der Waals surface area contributed by atoms with Gasteiger partial charge in [0.15, 0.2) is 0 Å². The van der Waals surface area contributed by atoms with Crippen molar-refractivity contribution in [3.05, 3.63) is 0 Å². The first kappa shape index (κ1) is 15.9. The molecule has 1 atom stereocenters. The van der Waals surface area contributed by atoms with Gasteiger partial charge in [-0.2, -0.15) is 0 Å². The van der Waals surface area contributed by atoms with E-state index in [9.17, 15) is 0 Å². The Morgan fingerprint density at radius 1 is 0.938 bits per heavy atom. The van der Waals surface area contributed by atoms with Crippen molar-refractivity contribution in [3.63, 3.8) is 0 Å². The maximum atomic E-state index is 5.46. The molecule has 98 valence electrons. The maximum absolute atomic E-state index is 5.46. The molecule has 2 heteroatoms. The average Bonchev–Trinajstić information content (AvgIpc) is 2.31. The van der Waals surface area contributed by atoms with Crippen molar-refractivity contribution in [2.45, 2.75) is 77.7 Å². The first-order chi connectivity index (χ1) is 7.85. The quantitative estimate of drug-likeness (QED) is 0.502. The normalized spacial score (nSPS) is 12.9. The molecule has 0 aromatic heterocycles. The van der Waals surface area contributed by atoms with Crippen LogP contribution in [0.15, 0.2) is 0 Å². The summed E-state index contributed by atoms with van der Waals surface area (Å²) < 4.78 is 0. The molecule has 0 spiro atoms. The molecule has 0 saturated heterocycles. The third kappa shape index (κ3) is 10.4. The van der Waals surface area contributed by atoms with Crippen LogP contribution in [0.4, 0.5) is 0 Å². The van der Waals surface area contributed by atoms with Crippen LogP contribution in [0, 0.1) is 0 Å². The Morgan fingerprint density at radius 2 is 1.56 bits per heavy atom. The van der Waals surface area contributed by atoms with Gasteiger partial charge >= 0.3 is 0 Å². The summed E-state index contributed by atoms with van der Waals surface area (Å²) in [4.78, 5) is 0. The van der Waals surface area contributed by atoms with Gasteiger partial charge in [-0.05, 0) is 38.8 Å². The molecular weight excluding hydrogens is 196 g/mol. The van der Waals surface area contributed by atoms with Crippen LogP contribution in [0.3, 0.4) is 0 Å². The van der Waals surface area contributed by atoms with E-state index in [1.165, 1.54) is 64.3 Å². The monoisotopic (exact) mass is 228 g/mol. The zero-order valence-electron chi connectivity index (χ0n) is 11.4. The number of unbranched alkanes of at least 4 members (excludes halogenated alkanes) is 5.